The number of allylic oxidation sites excluding steroid dienone is 1. The van der Waals surface area contributed by atoms with Gasteiger partial charge in [0.1, 0.15) is 0 Å². The minimum Gasteiger partial charge on any atom is -0.102 e. The van der Waals surface area contributed by atoms with E-state index in [1.807, 2.05) is 0 Å². The molecule has 1 aliphatic rings. The summed E-state index contributed by atoms with van der Waals surface area (Å²) in [5.74, 6) is 0. The summed E-state index contributed by atoms with van der Waals surface area (Å²) in [5, 5.41) is 0.578. The van der Waals surface area contributed by atoms with E-state index < -0.39 is 0 Å². The Morgan fingerprint density at radius 2 is 2.11 bits per heavy atom. The zero-order chi connectivity index (χ0) is 7.07. The highest BCUT2D eigenvalue weighted by atomic mass is 31.1. The summed E-state index contributed by atoms with van der Waals surface area (Å²) in [6.07, 6.45) is 3.55. The van der Waals surface area contributed by atoms with Gasteiger partial charge in [-0.25, -0.2) is 0 Å². The van der Waals surface area contributed by atoms with Crippen molar-refractivity contribution in [2.75, 3.05) is 6.16 Å². The van der Waals surface area contributed by atoms with Crippen molar-refractivity contribution >= 4 is 7.92 Å². The lowest BCUT2D eigenvalue weighted by atomic mass is 10.3. The molecule has 1 saturated heterocycles. The maximum Gasteiger partial charge on any atom is 0.00124 e. The summed E-state index contributed by atoms with van der Waals surface area (Å²) in [6, 6.07) is 0. The highest BCUT2D eigenvalue weighted by Gasteiger charge is 2.42. The van der Waals surface area contributed by atoms with Gasteiger partial charge in [-0.3, -0.25) is 0 Å². The van der Waals surface area contributed by atoms with Crippen LogP contribution in [-0.2, 0) is 0 Å². The SMILES string of the molecule is C=CC1CP1C(C)(C)C. The van der Waals surface area contributed by atoms with Gasteiger partial charge in [0, 0.05) is 5.66 Å². The van der Waals surface area contributed by atoms with E-state index in [-0.39, 0.29) is 0 Å². The van der Waals surface area contributed by atoms with Gasteiger partial charge in [0.25, 0.3) is 0 Å². The molecule has 0 saturated carbocycles. The normalized spacial score (nSPS) is 34.1. The first-order valence-corrected chi connectivity index (χ1v) is 5.04. The summed E-state index contributed by atoms with van der Waals surface area (Å²) in [6.45, 7) is 10.8. The molecule has 0 aromatic rings. The topological polar surface area (TPSA) is 0 Å². The smallest absolute Gasteiger partial charge is 0.00124 e. The Morgan fingerprint density at radius 3 is 2.22 bits per heavy atom. The van der Waals surface area contributed by atoms with Crippen LogP contribution in [-0.4, -0.2) is 17.0 Å². The van der Waals surface area contributed by atoms with Crippen molar-refractivity contribution in [2.45, 2.75) is 31.6 Å². The van der Waals surface area contributed by atoms with E-state index in [0.29, 0.717) is 13.1 Å². The van der Waals surface area contributed by atoms with Gasteiger partial charge in [-0.15, -0.1) is 6.58 Å². The molecule has 0 bridgehead atoms. The zero-order valence-electron chi connectivity index (χ0n) is 6.52. The summed E-state index contributed by atoms with van der Waals surface area (Å²) < 4.78 is 0. The quantitative estimate of drug-likeness (QED) is 0.390. The Labute approximate surface area is 59.1 Å². The monoisotopic (exact) mass is 142 g/mol. The van der Waals surface area contributed by atoms with Crippen molar-refractivity contribution in [3.63, 3.8) is 0 Å². The Bertz CT molecular complexity index is 121. The van der Waals surface area contributed by atoms with Gasteiger partial charge >= 0.3 is 0 Å². The second kappa shape index (κ2) is 2.09. The molecule has 0 nitrogen and oxygen atoms in total. The fraction of sp³-hybridized carbons (Fsp3) is 0.750. The maximum atomic E-state index is 3.80. The molecule has 9 heavy (non-hydrogen) atoms. The van der Waals surface area contributed by atoms with Crippen molar-refractivity contribution in [2.24, 2.45) is 0 Å². The molecule has 52 valence electrons. The van der Waals surface area contributed by atoms with Gasteiger partial charge in [0.2, 0.25) is 0 Å². The molecule has 2 atom stereocenters. The summed E-state index contributed by atoms with van der Waals surface area (Å²) in [7, 11) is 0.327. The Kier molecular flexibility index (Phi) is 1.69. The average Bonchev–Trinajstić information content (AvgIpc) is 2.39. The molecule has 0 aliphatic carbocycles. The predicted octanol–water partition coefficient (Wildman–Crippen LogP) is 2.84. The third-order valence-electron chi connectivity index (χ3n) is 1.78. The van der Waals surface area contributed by atoms with Crippen LogP contribution >= 0.6 is 7.92 Å². The van der Waals surface area contributed by atoms with Gasteiger partial charge < -0.3 is 0 Å². The van der Waals surface area contributed by atoms with Crippen LogP contribution in [0.2, 0.25) is 0 Å². The number of rotatable bonds is 1. The van der Waals surface area contributed by atoms with Crippen molar-refractivity contribution in [3.05, 3.63) is 12.7 Å². The van der Waals surface area contributed by atoms with E-state index in [0.717, 1.165) is 5.66 Å². The fourth-order valence-corrected chi connectivity index (χ4v) is 3.63. The van der Waals surface area contributed by atoms with Gasteiger partial charge in [0.15, 0.2) is 0 Å². The minimum atomic E-state index is 0.327. The van der Waals surface area contributed by atoms with Crippen LogP contribution in [0.15, 0.2) is 12.7 Å². The molecule has 0 spiro atoms. The van der Waals surface area contributed by atoms with Crippen LogP contribution in [0.3, 0.4) is 0 Å². The molecule has 2 unspecified atom stereocenters. The van der Waals surface area contributed by atoms with Gasteiger partial charge in [-0.2, -0.15) is 0 Å². The molecule has 0 aromatic heterocycles. The van der Waals surface area contributed by atoms with E-state index in [9.17, 15) is 0 Å². The first kappa shape index (κ1) is 7.28. The fourth-order valence-electron chi connectivity index (χ4n) is 1.13. The van der Waals surface area contributed by atoms with Crippen molar-refractivity contribution < 1.29 is 0 Å². The van der Waals surface area contributed by atoms with Gasteiger partial charge in [0.05, 0.1) is 0 Å². The van der Waals surface area contributed by atoms with E-state index in [2.05, 4.69) is 33.4 Å². The second-order valence-electron chi connectivity index (χ2n) is 3.63. The van der Waals surface area contributed by atoms with Gasteiger partial charge in [-0.1, -0.05) is 34.8 Å². The minimum absolute atomic E-state index is 0.327. The van der Waals surface area contributed by atoms with E-state index in [4.69, 9.17) is 0 Å². The van der Waals surface area contributed by atoms with Crippen LogP contribution in [0, 0.1) is 0 Å². The lowest BCUT2D eigenvalue weighted by molar-refractivity contribution is 0.793. The molecule has 1 heteroatoms. The largest absolute Gasteiger partial charge is 0.102 e. The molecule has 1 rings (SSSR count). The maximum absolute atomic E-state index is 3.80. The summed E-state index contributed by atoms with van der Waals surface area (Å²) in [4.78, 5) is 0. The average molecular weight is 142 g/mol. The Balaban J connectivity index is 2.42. The van der Waals surface area contributed by atoms with E-state index >= 15 is 0 Å². The third kappa shape index (κ3) is 1.55. The first-order valence-electron chi connectivity index (χ1n) is 3.45. The van der Waals surface area contributed by atoms with Crippen molar-refractivity contribution in [1.29, 1.82) is 0 Å². The van der Waals surface area contributed by atoms with Crippen LogP contribution in [0.1, 0.15) is 20.8 Å². The van der Waals surface area contributed by atoms with E-state index in [1.165, 1.54) is 6.16 Å². The molecular weight excluding hydrogens is 127 g/mol. The standard InChI is InChI=1S/C8H15P/c1-5-7-6-9(7)8(2,3)4/h5,7H,1,6H2,2-4H3. The molecule has 1 aliphatic heterocycles. The predicted molar refractivity (Wildman–Crippen MR) is 45.5 cm³/mol. The van der Waals surface area contributed by atoms with Crippen LogP contribution < -0.4 is 0 Å². The zero-order valence-corrected chi connectivity index (χ0v) is 7.41. The third-order valence-corrected chi connectivity index (χ3v) is 5.02. The first-order chi connectivity index (χ1) is 4.05. The Hall–Kier alpha value is 0.170. The van der Waals surface area contributed by atoms with Crippen LogP contribution in [0.5, 0.6) is 0 Å². The highest BCUT2D eigenvalue weighted by Crippen LogP contribution is 2.67. The van der Waals surface area contributed by atoms with Crippen LogP contribution in [0.4, 0.5) is 0 Å². The lowest BCUT2D eigenvalue weighted by Crippen LogP contribution is -2.05. The Morgan fingerprint density at radius 1 is 1.56 bits per heavy atom. The lowest BCUT2D eigenvalue weighted by Gasteiger charge is -2.17. The molecular formula is C8H15P. The van der Waals surface area contributed by atoms with E-state index in [1.54, 1.807) is 0 Å². The van der Waals surface area contributed by atoms with Crippen molar-refractivity contribution in [3.8, 4) is 0 Å². The molecule has 0 amide bonds. The molecule has 1 fully saturated rings. The summed E-state index contributed by atoms with van der Waals surface area (Å²) >= 11 is 0. The molecule has 0 radical (unpaired) electrons. The van der Waals surface area contributed by atoms with Gasteiger partial charge in [-0.05, 0) is 11.3 Å². The highest BCUT2D eigenvalue weighted by molar-refractivity contribution is 7.68. The number of hydrogen-bond donors (Lipinski definition) is 0. The van der Waals surface area contributed by atoms with Crippen LogP contribution in [0.25, 0.3) is 0 Å². The molecule has 1 heterocycles. The summed E-state index contributed by atoms with van der Waals surface area (Å²) in [5.41, 5.74) is 0.889. The molecule has 0 aromatic carbocycles. The molecule has 0 N–H and O–H groups in total. The second-order valence-corrected chi connectivity index (χ2v) is 6.94. The number of hydrogen-bond acceptors (Lipinski definition) is 0. The van der Waals surface area contributed by atoms with Crippen molar-refractivity contribution in [1.82, 2.24) is 0 Å².